The molecule has 0 radical (unpaired) electrons. The predicted molar refractivity (Wildman–Crippen MR) is 108 cm³/mol. The van der Waals surface area contributed by atoms with Crippen molar-refractivity contribution in [1.29, 1.82) is 0 Å². The number of carboxylic acid groups (broad SMARTS) is 2. The molecule has 0 bridgehead atoms. The maximum absolute atomic E-state index is 12.7. The van der Waals surface area contributed by atoms with Gasteiger partial charge in [-0.3, -0.25) is 14.4 Å². The van der Waals surface area contributed by atoms with Crippen LogP contribution in [0.2, 0.25) is 5.02 Å². The molecule has 0 saturated heterocycles. The van der Waals surface area contributed by atoms with Gasteiger partial charge in [0.25, 0.3) is 0 Å². The van der Waals surface area contributed by atoms with E-state index in [0.29, 0.717) is 10.6 Å². The van der Waals surface area contributed by atoms with Gasteiger partial charge in [0, 0.05) is 11.4 Å². The van der Waals surface area contributed by atoms with Crippen LogP contribution in [0.1, 0.15) is 52.0 Å². The lowest BCUT2D eigenvalue weighted by atomic mass is 9.85. The van der Waals surface area contributed by atoms with Gasteiger partial charge in [0.2, 0.25) is 11.8 Å². The van der Waals surface area contributed by atoms with Crippen molar-refractivity contribution in [2.75, 3.05) is 0 Å². The van der Waals surface area contributed by atoms with E-state index in [0.717, 1.165) is 0 Å². The summed E-state index contributed by atoms with van der Waals surface area (Å²) >= 11 is 5.86. The van der Waals surface area contributed by atoms with Gasteiger partial charge in [0.1, 0.15) is 12.1 Å². The second-order valence-corrected chi connectivity index (χ2v) is 8.35. The van der Waals surface area contributed by atoms with Crippen molar-refractivity contribution in [3.63, 3.8) is 0 Å². The van der Waals surface area contributed by atoms with E-state index < -0.39 is 53.6 Å². The molecule has 8 nitrogen and oxygen atoms in total. The number of aliphatic carboxylic acids is 2. The molecule has 1 aromatic rings. The molecule has 0 unspecified atom stereocenters. The third-order valence-corrected chi connectivity index (χ3v) is 4.69. The summed E-state index contributed by atoms with van der Waals surface area (Å²) in [4.78, 5) is 47.5. The van der Waals surface area contributed by atoms with Gasteiger partial charge in [-0.1, -0.05) is 44.5 Å². The first-order valence-electron chi connectivity index (χ1n) is 9.13. The fourth-order valence-corrected chi connectivity index (χ4v) is 2.75. The van der Waals surface area contributed by atoms with Crippen LogP contribution in [-0.2, 0) is 19.2 Å². The number of rotatable bonds is 9. The molecule has 0 spiro atoms. The van der Waals surface area contributed by atoms with E-state index in [4.69, 9.17) is 16.7 Å². The lowest BCUT2D eigenvalue weighted by Gasteiger charge is -2.32. The van der Waals surface area contributed by atoms with E-state index in [1.165, 1.54) is 0 Å². The van der Waals surface area contributed by atoms with Crippen LogP contribution < -0.4 is 10.6 Å². The van der Waals surface area contributed by atoms with Crippen molar-refractivity contribution < 1.29 is 29.4 Å². The molecule has 0 aliphatic carbocycles. The zero-order chi connectivity index (χ0) is 22.4. The Morgan fingerprint density at radius 3 is 2.00 bits per heavy atom. The summed E-state index contributed by atoms with van der Waals surface area (Å²) in [6, 6.07) is 4.37. The van der Waals surface area contributed by atoms with Crippen molar-refractivity contribution in [2.24, 2.45) is 5.41 Å². The summed E-state index contributed by atoms with van der Waals surface area (Å²) in [6.07, 6.45) is -0.667. The first kappa shape index (κ1) is 24.4. The summed E-state index contributed by atoms with van der Waals surface area (Å²) in [7, 11) is 0. The van der Waals surface area contributed by atoms with Gasteiger partial charge >= 0.3 is 11.9 Å². The van der Waals surface area contributed by atoms with E-state index in [-0.39, 0.29) is 6.42 Å². The molecule has 0 heterocycles. The van der Waals surface area contributed by atoms with E-state index >= 15 is 0 Å². The Balaban J connectivity index is 2.94. The summed E-state index contributed by atoms with van der Waals surface area (Å²) in [5, 5.41) is 23.6. The SMILES string of the molecule is C[C@H](C(=O)N[C@H](C(=O)N[C@H](CCC(=O)O)C(=O)O)C(C)(C)C)c1ccc(Cl)cc1. The van der Waals surface area contributed by atoms with E-state index in [2.05, 4.69) is 10.6 Å². The number of carboxylic acids is 2. The number of carbonyl (C=O) groups is 4. The highest BCUT2D eigenvalue weighted by molar-refractivity contribution is 6.30. The van der Waals surface area contributed by atoms with Crippen molar-refractivity contribution in [3.05, 3.63) is 34.9 Å². The first-order valence-corrected chi connectivity index (χ1v) is 9.51. The zero-order valence-corrected chi connectivity index (χ0v) is 17.6. The molecule has 9 heteroatoms. The topological polar surface area (TPSA) is 133 Å². The lowest BCUT2D eigenvalue weighted by Crippen LogP contribution is -2.57. The Bertz CT molecular complexity index is 757. The molecular weight excluding hydrogens is 400 g/mol. The minimum Gasteiger partial charge on any atom is -0.481 e. The summed E-state index contributed by atoms with van der Waals surface area (Å²) in [5.41, 5.74) is -0.000172. The maximum atomic E-state index is 12.7. The molecule has 1 rings (SSSR count). The summed E-state index contributed by atoms with van der Waals surface area (Å²) in [5.74, 6) is -4.16. The number of hydrogen-bond donors (Lipinski definition) is 4. The van der Waals surface area contributed by atoms with Gasteiger partial charge in [-0.05, 0) is 36.5 Å². The van der Waals surface area contributed by atoms with Crippen LogP contribution in [-0.4, -0.2) is 46.0 Å². The maximum Gasteiger partial charge on any atom is 0.326 e. The van der Waals surface area contributed by atoms with E-state index in [9.17, 15) is 24.3 Å². The molecule has 0 aromatic heterocycles. The monoisotopic (exact) mass is 426 g/mol. The molecule has 4 N–H and O–H groups in total. The molecular formula is C20H27ClN2O6. The number of amides is 2. The molecule has 3 atom stereocenters. The summed E-state index contributed by atoms with van der Waals surface area (Å²) in [6.45, 7) is 6.88. The van der Waals surface area contributed by atoms with Gasteiger partial charge in [-0.25, -0.2) is 4.79 Å². The van der Waals surface area contributed by atoms with Gasteiger partial charge in [0.05, 0.1) is 5.92 Å². The largest absolute Gasteiger partial charge is 0.481 e. The molecule has 0 fully saturated rings. The minimum atomic E-state index is -1.37. The standard InChI is InChI=1S/C20H27ClN2O6/c1-11(12-5-7-13(21)8-6-12)17(26)23-16(20(2,3)4)18(27)22-14(19(28)29)9-10-15(24)25/h5-8,11,14,16H,9-10H2,1-4H3,(H,22,27)(H,23,26)(H,24,25)(H,28,29)/t11-,14+,16+/m0/s1. The average molecular weight is 427 g/mol. The highest BCUT2D eigenvalue weighted by atomic mass is 35.5. The van der Waals surface area contributed by atoms with Crippen LogP contribution in [0.15, 0.2) is 24.3 Å². The van der Waals surface area contributed by atoms with Crippen molar-refractivity contribution in [2.45, 2.75) is 58.5 Å². The summed E-state index contributed by atoms with van der Waals surface area (Å²) < 4.78 is 0. The second-order valence-electron chi connectivity index (χ2n) is 7.91. The number of benzene rings is 1. The van der Waals surface area contributed by atoms with E-state index in [1.807, 2.05) is 0 Å². The van der Waals surface area contributed by atoms with Crippen molar-refractivity contribution in [1.82, 2.24) is 10.6 Å². The average Bonchev–Trinajstić information content (AvgIpc) is 2.61. The first-order chi connectivity index (χ1) is 13.3. The van der Waals surface area contributed by atoms with Crippen LogP contribution in [0.4, 0.5) is 0 Å². The molecule has 2 amide bonds. The number of hydrogen-bond acceptors (Lipinski definition) is 4. The fraction of sp³-hybridized carbons (Fsp3) is 0.500. The van der Waals surface area contributed by atoms with Crippen LogP contribution in [0.25, 0.3) is 0 Å². The highest BCUT2D eigenvalue weighted by Gasteiger charge is 2.36. The number of carbonyl (C=O) groups excluding carboxylic acids is 2. The lowest BCUT2D eigenvalue weighted by molar-refractivity contribution is -0.144. The molecule has 1 aromatic carbocycles. The van der Waals surface area contributed by atoms with E-state index in [1.54, 1.807) is 52.0 Å². The highest BCUT2D eigenvalue weighted by Crippen LogP contribution is 2.23. The second kappa shape index (κ2) is 10.2. The number of nitrogens with one attached hydrogen (secondary N) is 2. The van der Waals surface area contributed by atoms with Crippen molar-refractivity contribution >= 4 is 35.4 Å². The van der Waals surface area contributed by atoms with Crippen LogP contribution >= 0.6 is 11.6 Å². The Morgan fingerprint density at radius 2 is 1.55 bits per heavy atom. The van der Waals surface area contributed by atoms with Crippen LogP contribution in [0.5, 0.6) is 0 Å². The molecule has 0 saturated carbocycles. The minimum absolute atomic E-state index is 0.262. The Hall–Kier alpha value is -2.61. The predicted octanol–water partition coefficient (Wildman–Crippen LogP) is 2.41. The normalized spacial score (nSPS) is 14.4. The molecule has 160 valence electrons. The van der Waals surface area contributed by atoms with Crippen LogP contribution in [0, 0.1) is 5.41 Å². The fourth-order valence-electron chi connectivity index (χ4n) is 2.63. The molecule has 0 aliphatic heterocycles. The zero-order valence-electron chi connectivity index (χ0n) is 16.9. The third-order valence-electron chi connectivity index (χ3n) is 4.44. The quantitative estimate of drug-likeness (QED) is 0.479. The molecule has 0 aliphatic rings. The Kier molecular flexibility index (Phi) is 8.63. The Morgan fingerprint density at radius 1 is 1.00 bits per heavy atom. The van der Waals surface area contributed by atoms with Crippen molar-refractivity contribution in [3.8, 4) is 0 Å². The smallest absolute Gasteiger partial charge is 0.326 e. The van der Waals surface area contributed by atoms with Gasteiger partial charge < -0.3 is 20.8 Å². The van der Waals surface area contributed by atoms with Crippen LogP contribution in [0.3, 0.4) is 0 Å². The Labute approximate surface area is 174 Å². The number of halogens is 1. The molecule has 29 heavy (non-hydrogen) atoms. The van der Waals surface area contributed by atoms with Gasteiger partial charge in [0.15, 0.2) is 0 Å². The van der Waals surface area contributed by atoms with Gasteiger partial charge in [-0.2, -0.15) is 0 Å². The third kappa shape index (κ3) is 7.73. The van der Waals surface area contributed by atoms with Gasteiger partial charge in [-0.15, -0.1) is 0 Å².